The van der Waals surface area contributed by atoms with Crippen LogP contribution in [-0.4, -0.2) is 33.3 Å². The lowest BCUT2D eigenvalue weighted by molar-refractivity contribution is -0.114. The quantitative estimate of drug-likeness (QED) is 0.480. The molecule has 3 aromatic carbocycles. The Balaban J connectivity index is 1.90. The molecule has 0 fully saturated rings. The average Bonchev–Trinajstić information content (AvgIpc) is 2.82. The van der Waals surface area contributed by atoms with Crippen molar-refractivity contribution < 1.29 is 22.4 Å². The van der Waals surface area contributed by atoms with Crippen LogP contribution in [0.25, 0.3) is 0 Å². The molecule has 3 aromatic rings. The number of hydrogen-bond acceptors (Lipinski definition) is 4. The molecule has 0 aromatic heterocycles. The monoisotopic (exact) mass is 483 g/mol. The molecule has 0 unspecified atom stereocenters. The van der Waals surface area contributed by atoms with Crippen molar-refractivity contribution in [3.63, 3.8) is 0 Å². The smallest absolute Gasteiger partial charge is 0.264 e. The Kier molecular flexibility index (Phi) is 8.01. The molecule has 0 bridgehead atoms. The maximum absolute atomic E-state index is 14.6. The molecule has 3 rings (SSSR count). The van der Waals surface area contributed by atoms with Crippen molar-refractivity contribution in [1.82, 2.24) is 5.32 Å². The fraction of sp³-hybridized carbons (Fsp3) is 0.200. The Hall–Kier alpha value is -3.72. The number of para-hydroxylation sites is 2. The first-order chi connectivity index (χ1) is 16.2. The molecule has 7 nitrogen and oxygen atoms in total. The summed E-state index contributed by atoms with van der Waals surface area (Å²) in [6.07, 6.45) is 0. The van der Waals surface area contributed by atoms with Gasteiger partial charge in [0.15, 0.2) is 0 Å². The number of anilines is 2. The Morgan fingerprint density at radius 1 is 0.912 bits per heavy atom. The number of nitrogens with zero attached hydrogens (tertiary/aromatic N) is 1. The van der Waals surface area contributed by atoms with Crippen LogP contribution >= 0.6 is 0 Å². The summed E-state index contributed by atoms with van der Waals surface area (Å²) in [4.78, 5) is 25.4. The van der Waals surface area contributed by atoms with Gasteiger partial charge in [-0.15, -0.1) is 0 Å². The van der Waals surface area contributed by atoms with E-state index in [4.69, 9.17) is 0 Å². The van der Waals surface area contributed by atoms with Crippen LogP contribution in [0.3, 0.4) is 0 Å². The number of carbonyl (C=O) groups excluding carboxylic acids is 2. The zero-order valence-electron chi connectivity index (χ0n) is 18.9. The number of rotatable bonds is 9. The highest BCUT2D eigenvalue weighted by Crippen LogP contribution is 2.26. The third-order valence-corrected chi connectivity index (χ3v) is 6.63. The molecule has 9 heteroatoms. The summed E-state index contributed by atoms with van der Waals surface area (Å²) in [5, 5.41) is 5.38. The highest BCUT2D eigenvalue weighted by atomic mass is 32.2. The Morgan fingerprint density at radius 3 is 2.21 bits per heavy atom. The van der Waals surface area contributed by atoms with Gasteiger partial charge in [0.2, 0.25) is 5.91 Å². The molecule has 34 heavy (non-hydrogen) atoms. The van der Waals surface area contributed by atoms with Crippen molar-refractivity contribution in [2.45, 2.75) is 18.7 Å². The van der Waals surface area contributed by atoms with Gasteiger partial charge in [-0.05, 0) is 42.3 Å². The summed E-state index contributed by atoms with van der Waals surface area (Å²) < 4.78 is 41.9. The van der Waals surface area contributed by atoms with Gasteiger partial charge in [0.05, 0.1) is 21.8 Å². The summed E-state index contributed by atoms with van der Waals surface area (Å²) in [6.45, 7) is 3.68. The zero-order valence-corrected chi connectivity index (χ0v) is 19.7. The summed E-state index contributed by atoms with van der Waals surface area (Å²) in [7, 11) is -4.26. The van der Waals surface area contributed by atoms with Gasteiger partial charge in [0.1, 0.15) is 12.4 Å². The van der Waals surface area contributed by atoms with Crippen molar-refractivity contribution >= 4 is 33.2 Å². The summed E-state index contributed by atoms with van der Waals surface area (Å²) in [5.41, 5.74) is 0.198. The molecule has 0 atom stereocenters. The van der Waals surface area contributed by atoms with Crippen molar-refractivity contribution in [1.29, 1.82) is 0 Å². The lowest BCUT2D eigenvalue weighted by Gasteiger charge is -2.24. The standard InChI is InChI=1S/C25H26FN3O4S/c1-18(2)16-27-25(31)20-12-6-8-14-22(20)28-24(30)17-29(23-15-9-7-13-21(23)26)34(32,33)19-10-4-3-5-11-19/h3-15,18H,16-17H2,1-2H3,(H,27,31)(H,28,30). The van der Waals surface area contributed by atoms with Crippen LogP contribution in [0.15, 0.2) is 83.8 Å². The third-order valence-electron chi connectivity index (χ3n) is 4.86. The first-order valence-corrected chi connectivity index (χ1v) is 12.1. The molecular weight excluding hydrogens is 457 g/mol. The molecule has 0 aliphatic rings. The maximum Gasteiger partial charge on any atom is 0.264 e. The maximum atomic E-state index is 14.6. The van der Waals surface area contributed by atoms with E-state index in [1.165, 1.54) is 30.3 Å². The second-order valence-electron chi connectivity index (χ2n) is 7.97. The summed E-state index contributed by atoms with van der Waals surface area (Å²) in [5.74, 6) is -1.65. The van der Waals surface area contributed by atoms with Crippen LogP contribution in [0.1, 0.15) is 24.2 Å². The van der Waals surface area contributed by atoms with Gasteiger partial charge >= 0.3 is 0 Å². The van der Waals surface area contributed by atoms with Crippen LogP contribution < -0.4 is 14.9 Å². The van der Waals surface area contributed by atoms with E-state index in [-0.39, 0.29) is 33.7 Å². The van der Waals surface area contributed by atoms with Gasteiger partial charge in [0.25, 0.3) is 15.9 Å². The van der Waals surface area contributed by atoms with Gasteiger partial charge in [-0.1, -0.05) is 56.3 Å². The minimum absolute atomic E-state index is 0.0838. The Bertz CT molecular complexity index is 1260. The van der Waals surface area contributed by atoms with Gasteiger partial charge < -0.3 is 10.6 Å². The van der Waals surface area contributed by atoms with E-state index in [9.17, 15) is 22.4 Å². The van der Waals surface area contributed by atoms with Crippen LogP contribution in [-0.2, 0) is 14.8 Å². The number of carbonyl (C=O) groups is 2. The lowest BCUT2D eigenvalue weighted by Crippen LogP contribution is -2.39. The van der Waals surface area contributed by atoms with Gasteiger partial charge in [-0.3, -0.25) is 13.9 Å². The summed E-state index contributed by atoms with van der Waals surface area (Å²) >= 11 is 0. The highest BCUT2D eigenvalue weighted by molar-refractivity contribution is 7.92. The molecular formula is C25H26FN3O4S. The molecule has 0 saturated carbocycles. The average molecular weight is 484 g/mol. The van der Waals surface area contributed by atoms with E-state index in [0.717, 1.165) is 6.07 Å². The van der Waals surface area contributed by atoms with E-state index >= 15 is 0 Å². The number of halogens is 1. The molecule has 0 aliphatic heterocycles. The SMILES string of the molecule is CC(C)CNC(=O)c1ccccc1NC(=O)CN(c1ccccc1F)S(=O)(=O)c1ccccc1. The minimum atomic E-state index is -4.26. The predicted molar refractivity (Wildman–Crippen MR) is 130 cm³/mol. The van der Waals surface area contributed by atoms with E-state index in [1.54, 1.807) is 42.5 Å². The molecule has 2 N–H and O–H groups in total. The molecule has 0 heterocycles. The van der Waals surface area contributed by atoms with Crippen LogP contribution in [0.5, 0.6) is 0 Å². The van der Waals surface area contributed by atoms with E-state index < -0.39 is 28.3 Å². The van der Waals surface area contributed by atoms with E-state index in [2.05, 4.69) is 10.6 Å². The van der Waals surface area contributed by atoms with E-state index in [0.29, 0.717) is 10.8 Å². The van der Waals surface area contributed by atoms with Crippen molar-refractivity contribution in [3.8, 4) is 0 Å². The lowest BCUT2D eigenvalue weighted by atomic mass is 10.1. The largest absolute Gasteiger partial charge is 0.352 e. The number of benzene rings is 3. The number of nitrogens with one attached hydrogen (secondary N) is 2. The molecule has 0 spiro atoms. The predicted octanol–water partition coefficient (Wildman–Crippen LogP) is 4.05. The van der Waals surface area contributed by atoms with Gasteiger partial charge in [-0.2, -0.15) is 0 Å². The molecule has 178 valence electrons. The number of amides is 2. The second-order valence-corrected chi connectivity index (χ2v) is 9.84. The second kappa shape index (κ2) is 10.9. The van der Waals surface area contributed by atoms with Gasteiger partial charge in [0, 0.05) is 6.54 Å². The number of hydrogen-bond donors (Lipinski definition) is 2. The summed E-state index contributed by atoms with van der Waals surface area (Å²) in [6, 6.07) is 19.2. The van der Waals surface area contributed by atoms with Crippen molar-refractivity contribution in [2.24, 2.45) is 5.92 Å². The number of sulfonamides is 1. The third kappa shape index (κ3) is 5.99. The van der Waals surface area contributed by atoms with Gasteiger partial charge in [-0.25, -0.2) is 12.8 Å². The van der Waals surface area contributed by atoms with Crippen molar-refractivity contribution in [2.75, 3.05) is 22.7 Å². The fourth-order valence-corrected chi connectivity index (χ4v) is 4.63. The first kappa shape index (κ1) is 24.9. The molecule has 2 amide bonds. The Morgan fingerprint density at radius 2 is 1.53 bits per heavy atom. The fourth-order valence-electron chi connectivity index (χ4n) is 3.18. The minimum Gasteiger partial charge on any atom is -0.352 e. The van der Waals surface area contributed by atoms with Crippen molar-refractivity contribution in [3.05, 3.63) is 90.2 Å². The normalized spacial score (nSPS) is 11.2. The highest BCUT2D eigenvalue weighted by Gasteiger charge is 2.29. The Labute approximate surface area is 198 Å². The van der Waals surface area contributed by atoms with E-state index in [1.807, 2.05) is 13.8 Å². The topological polar surface area (TPSA) is 95.6 Å². The van der Waals surface area contributed by atoms with Crippen LogP contribution in [0.2, 0.25) is 0 Å². The van der Waals surface area contributed by atoms with Crippen LogP contribution in [0, 0.1) is 11.7 Å². The zero-order chi connectivity index (χ0) is 24.7. The molecule has 0 radical (unpaired) electrons. The molecule has 0 aliphatic carbocycles. The first-order valence-electron chi connectivity index (χ1n) is 10.7. The van der Waals surface area contributed by atoms with Crippen LogP contribution in [0.4, 0.5) is 15.8 Å². The molecule has 0 saturated heterocycles.